The van der Waals surface area contributed by atoms with Crippen LogP contribution < -0.4 is 16.0 Å². The third-order valence-corrected chi connectivity index (χ3v) is 7.50. The van der Waals surface area contributed by atoms with Crippen molar-refractivity contribution in [2.45, 2.75) is 25.8 Å². The van der Waals surface area contributed by atoms with Gasteiger partial charge in [-0.2, -0.15) is 11.8 Å². The van der Waals surface area contributed by atoms with Crippen molar-refractivity contribution in [3.8, 4) is 0 Å². The van der Waals surface area contributed by atoms with E-state index in [-0.39, 0.29) is 17.2 Å². The van der Waals surface area contributed by atoms with Crippen molar-refractivity contribution in [1.29, 1.82) is 0 Å². The molecule has 1 fully saturated rings. The Morgan fingerprint density at radius 1 is 1.09 bits per heavy atom. The van der Waals surface area contributed by atoms with Crippen molar-refractivity contribution in [3.05, 3.63) is 63.7 Å². The number of nitrogens with zero attached hydrogens (tertiary/aromatic N) is 1. The predicted molar refractivity (Wildman–Crippen MR) is 132 cm³/mol. The summed E-state index contributed by atoms with van der Waals surface area (Å²) in [6, 6.07) is 11.2. The third-order valence-electron chi connectivity index (χ3n) is 6.28. The molecule has 0 radical (unpaired) electrons. The number of rotatable bonds is 4. The van der Waals surface area contributed by atoms with E-state index in [1.165, 1.54) is 0 Å². The van der Waals surface area contributed by atoms with Crippen LogP contribution in [-0.4, -0.2) is 43.3 Å². The van der Waals surface area contributed by atoms with Gasteiger partial charge >= 0.3 is 0 Å². The Kier molecular flexibility index (Phi) is 6.76. The normalized spacial score (nSPS) is 18.0. The van der Waals surface area contributed by atoms with E-state index in [4.69, 9.17) is 16.6 Å². The van der Waals surface area contributed by atoms with E-state index < -0.39 is 0 Å². The molecular formula is C24H27ClN4O2S. The second kappa shape index (κ2) is 9.55. The SMILES string of the molecule is CNC(=O)c1ccc(C(=O)NC)c2c1CC1(CCSCC1)C(=NCc1cccc(Cl)c1)N2. The van der Waals surface area contributed by atoms with Crippen molar-refractivity contribution in [2.75, 3.05) is 30.9 Å². The predicted octanol–water partition coefficient (Wildman–Crippen LogP) is 4.14. The fourth-order valence-electron chi connectivity index (χ4n) is 4.51. The van der Waals surface area contributed by atoms with Crippen molar-refractivity contribution < 1.29 is 9.59 Å². The number of nitrogens with one attached hydrogen (secondary N) is 3. The van der Waals surface area contributed by atoms with Crippen LogP contribution in [0.2, 0.25) is 5.02 Å². The van der Waals surface area contributed by atoms with E-state index in [9.17, 15) is 9.59 Å². The molecule has 2 amide bonds. The van der Waals surface area contributed by atoms with E-state index in [1.54, 1.807) is 26.2 Å². The van der Waals surface area contributed by atoms with Crippen molar-refractivity contribution in [3.63, 3.8) is 0 Å². The largest absolute Gasteiger partial charge is 0.355 e. The van der Waals surface area contributed by atoms with E-state index >= 15 is 0 Å². The van der Waals surface area contributed by atoms with Crippen molar-refractivity contribution >= 4 is 46.7 Å². The lowest BCUT2D eigenvalue weighted by Crippen LogP contribution is -2.46. The summed E-state index contributed by atoms with van der Waals surface area (Å²) in [5, 5.41) is 9.64. The number of thioether (sulfide) groups is 1. The van der Waals surface area contributed by atoms with E-state index in [0.29, 0.717) is 34.8 Å². The standard InChI is InChI=1S/C24H27ClN4O2S/c1-26-21(30)17-6-7-18(22(31)27-2)20-19(17)13-24(8-10-32-11-9-24)23(29-20)28-14-15-4-3-5-16(25)12-15/h3-7,12H,8-11,13-14H2,1-2H3,(H,26,30)(H,27,31)(H,28,29). The number of halogens is 1. The highest BCUT2D eigenvalue weighted by Crippen LogP contribution is 2.46. The first-order valence-electron chi connectivity index (χ1n) is 10.7. The summed E-state index contributed by atoms with van der Waals surface area (Å²) in [7, 11) is 3.24. The van der Waals surface area contributed by atoms with Gasteiger partial charge in [-0.25, -0.2) is 0 Å². The van der Waals surface area contributed by atoms with Gasteiger partial charge in [0.2, 0.25) is 0 Å². The molecule has 0 aliphatic carbocycles. The van der Waals surface area contributed by atoms with Gasteiger partial charge in [0.05, 0.1) is 17.8 Å². The lowest BCUT2D eigenvalue weighted by atomic mass is 9.71. The zero-order valence-electron chi connectivity index (χ0n) is 18.3. The molecule has 6 nitrogen and oxygen atoms in total. The van der Waals surface area contributed by atoms with Crippen LogP contribution in [0, 0.1) is 5.41 Å². The smallest absolute Gasteiger partial charge is 0.253 e. The third kappa shape index (κ3) is 4.36. The molecule has 168 valence electrons. The first-order chi connectivity index (χ1) is 15.5. The highest BCUT2D eigenvalue weighted by molar-refractivity contribution is 7.99. The number of hydrogen-bond donors (Lipinski definition) is 3. The topological polar surface area (TPSA) is 82.6 Å². The van der Waals surface area contributed by atoms with E-state index in [2.05, 4.69) is 16.0 Å². The van der Waals surface area contributed by atoms with Crippen LogP contribution in [0.4, 0.5) is 5.69 Å². The number of anilines is 1. The van der Waals surface area contributed by atoms with Crippen LogP contribution in [-0.2, 0) is 13.0 Å². The number of fused-ring (bicyclic) bond motifs is 1. The zero-order chi connectivity index (χ0) is 22.7. The molecule has 2 aliphatic rings. The number of carbonyl (C=O) groups is 2. The molecule has 32 heavy (non-hydrogen) atoms. The van der Waals surface area contributed by atoms with E-state index in [0.717, 1.165) is 41.3 Å². The maximum Gasteiger partial charge on any atom is 0.253 e. The molecule has 2 aromatic rings. The summed E-state index contributed by atoms with van der Waals surface area (Å²) >= 11 is 8.10. The van der Waals surface area contributed by atoms with Gasteiger partial charge in [-0.3, -0.25) is 14.6 Å². The van der Waals surface area contributed by atoms with Crippen LogP contribution in [0.3, 0.4) is 0 Å². The molecule has 2 heterocycles. The van der Waals surface area contributed by atoms with Gasteiger partial charge in [-0.15, -0.1) is 0 Å². The fraction of sp³-hybridized carbons (Fsp3) is 0.375. The Balaban J connectivity index is 1.82. The summed E-state index contributed by atoms with van der Waals surface area (Å²) < 4.78 is 0. The Labute approximate surface area is 197 Å². The molecular weight excluding hydrogens is 444 g/mol. The molecule has 1 spiro atoms. The van der Waals surface area contributed by atoms with Gasteiger partial charge in [0, 0.05) is 30.1 Å². The molecule has 0 saturated carbocycles. The van der Waals surface area contributed by atoms with Crippen molar-refractivity contribution in [2.24, 2.45) is 10.4 Å². The number of aliphatic imine (C=N–C) groups is 1. The summed E-state index contributed by atoms with van der Waals surface area (Å²) in [6.07, 6.45) is 2.61. The lowest BCUT2D eigenvalue weighted by molar-refractivity contribution is 0.0950. The van der Waals surface area contributed by atoms with Gasteiger partial charge < -0.3 is 16.0 Å². The molecule has 8 heteroatoms. The average Bonchev–Trinajstić information content (AvgIpc) is 2.81. The molecule has 1 saturated heterocycles. The second-order valence-corrected chi connectivity index (χ2v) is 9.82. The Morgan fingerprint density at radius 3 is 2.47 bits per heavy atom. The van der Waals surface area contributed by atoms with Crippen LogP contribution in [0.25, 0.3) is 0 Å². The zero-order valence-corrected chi connectivity index (χ0v) is 19.8. The summed E-state index contributed by atoms with van der Waals surface area (Å²) in [5.41, 5.74) is 3.54. The Bertz CT molecular complexity index is 1080. The first-order valence-corrected chi connectivity index (χ1v) is 12.2. The molecule has 2 aromatic carbocycles. The maximum absolute atomic E-state index is 12.6. The fourth-order valence-corrected chi connectivity index (χ4v) is 5.99. The number of amidine groups is 1. The highest BCUT2D eigenvalue weighted by Gasteiger charge is 2.43. The molecule has 4 rings (SSSR count). The van der Waals surface area contributed by atoms with Gasteiger partial charge in [0.1, 0.15) is 5.84 Å². The quantitative estimate of drug-likeness (QED) is 0.627. The van der Waals surface area contributed by atoms with Gasteiger partial charge in [0.15, 0.2) is 0 Å². The highest BCUT2D eigenvalue weighted by atomic mass is 35.5. The van der Waals surface area contributed by atoms with Gasteiger partial charge in [-0.05, 0) is 66.2 Å². The second-order valence-electron chi connectivity index (χ2n) is 8.16. The van der Waals surface area contributed by atoms with Gasteiger partial charge in [-0.1, -0.05) is 23.7 Å². The molecule has 0 bridgehead atoms. The molecule has 0 atom stereocenters. The molecule has 3 N–H and O–H groups in total. The monoisotopic (exact) mass is 470 g/mol. The molecule has 2 aliphatic heterocycles. The van der Waals surface area contributed by atoms with Gasteiger partial charge in [0.25, 0.3) is 11.8 Å². The maximum atomic E-state index is 12.6. The van der Waals surface area contributed by atoms with E-state index in [1.807, 2.05) is 36.0 Å². The summed E-state index contributed by atoms with van der Waals surface area (Å²) in [6.45, 7) is 0.498. The summed E-state index contributed by atoms with van der Waals surface area (Å²) in [4.78, 5) is 30.3. The van der Waals surface area contributed by atoms with Crippen LogP contribution in [0.1, 0.15) is 44.7 Å². The Morgan fingerprint density at radius 2 is 1.78 bits per heavy atom. The minimum Gasteiger partial charge on any atom is -0.355 e. The molecule has 0 unspecified atom stereocenters. The number of hydrogen-bond acceptors (Lipinski definition) is 4. The number of carbonyl (C=O) groups excluding carboxylic acids is 2. The summed E-state index contributed by atoms with van der Waals surface area (Å²) in [5.74, 6) is 2.63. The van der Waals surface area contributed by atoms with Crippen LogP contribution in [0.15, 0.2) is 41.4 Å². The minimum atomic E-state index is -0.193. The lowest BCUT2D eigenvalue weighted by Gasteiger charge is -2.43. The van der Waals surface area contributed by atoms with Crippen molar-refractivity contribution in [1.82, 2.24) is 10.6 Å². The number of benzene rings is 2. The van der Waals surface area contributed by atoms with Crippen LogP contribution >= 0.6 is 23.4 Å². The average molecular weight is 471 g/mol. The minimum absolute atomic E-state index is 0.147. The Hall–Kier alpha value is -2.51. The molecule has 0 aromatic heterocycles. The first kappa shape index (κ1) is 22.7. The van der Waals surface area contributed by atoms with Crippen LogP contribution in [0.5, 0.6) is 0 Å². The number of amides is 2.